The highest BCUT2D eigenvalue weighted by Crippen LogP contribution is 2.40. The molecular formula is C21H23N3O5. The Morgan fingerprint density at radius 3 is 2.62 bits per heavy atom. The normalized spacial score (nSPS) is 18.5. The van der Waals surface area contributed by atoms with Crippen molar-refractivity contribution >= 4 is 17.4 Å². The van der Waals surface area contributed by atoms with Gasteiger partial charge in [-0.15, -0.1) is 0 Å². The van der Waals surface area contributed by atoms with E-state index in [1.807, 2.05) is 19.0 Å². The Labute approximate surface area is 168 Å². The highest BCUT2D eigenvalue weighted by Gasteiger charge is 2.46. The number of carbonyl (C=O) groups excluding carboxylic acids is 2. The molecule has 2 aromatic rings. The van der Waals surface area contributed by atoms with E-state index in [0.717, 1.165) is 0 Å². The zero-order chi connectivity index (χ0) is 21.1. The minimum Gasteiger partial charge on any atom is -0.507 e. The van der Waals surface area contributed by atoms with E-state index < -0.39 is 23.5 Å². The summed E-state index contributed by atoms with van der Waals surface area (Å²) in [4.78, 5) is 33.0. The number of ether oxygens (including phenoxy) is 1. The molecule has 0 bridgehead atoms. The van der Waals surface area contributed by atoms with Gasteiger partial charge in [-0.1, -0.05) is 6.07 Å². The van der Waals surface area contributed by atoms with Crippen LogP contribution in [0.5, 0.6) is 11.5 Å². The maximum absolute atomic E-state index is 12.8. The number of hydrogen-bond donors (Lipinski definition) is 2. The Morgan fingerprint density at radius 2 is 2.03 bits per heavy atom. The number of rotatable bonds is 6. The number of benzene rings is 1. The van der Waals surface area contributed by atoms with Crippen LogP contribution in [0.15, 0.2) is 48.3 Å². The first kappa shape index (κ1) is 20.3. The number of methoxy groups -OCH3 is 1. The number of aliphatic hydroxyl groups is 1. The minimum atomic E-state index is -0.801. The number of Topliss-reactive ketones (excluding diaryl/α,β-unsaturated/α-hetero) is 1. The highest BCUT2D eigenvalue weighted by atomic mass is 16.5. The molecule has 8 nitrogen and oxygen atoms in total. The second kappa shape index (κ2) is 8.32. The Hall–Kier alpha value is -3.39. The molecule has 1 amide bonds. The number of pyridine rings is 1. The van der Waals surface area contributed by atoms with Gasteiger partial charge in [0, 0.05) is 31.5 Å². The molecule has 3 rings (SSSR count). The van der Waals surface area contributed by atoms with Crippen molar-refractivity contribution in [1.29, 1.82) is 0 Å². The lowest BCUT2D eigenvalue weighted by molar-refractivity contribution is -0.140. The van der Waals surface area contributed by atoms with Crippen LogP contribution in [-0.2, 0) is 9.59 Å². The Balaban J connectivity index is 2.15. The number of nitrogens with zero attached hydrogens (tertiary/aromatic N) is 3. The van der Waals surface area contributed by atoms with Crippen LogP contribution < -0.4 is 4.74 Å². The third-order valence-corrected chi connectivity index (χ3v) is 4.79. The van der Waals surface area contributed by atoms with Crippen molar-refractivity contribution in [1.82, 2.24) is 14.8 Å². The van der Waals surface area contributed by atoms with Gasteiger partial charge < -0.3 is 24.7 Å². The van der Waals surface area contributed by atoms with Crippen molar-refractivity contribution in [3.8, 4) is 11.5 Å². The molecule has 8 heteroatoms. The molecule has 2 heterocycles. The molecule has 1 aromatic carbocycles. The molecule has 2 N–H and O–H groups in total. The third-order valence-electron chi connectivity index (χ3n) is 4.79. The first-order chi connectivity index (χ1) is 13.8. The van der Waals surface area contributed by atoms with E-state index in [1.165, 1.54) is 24.1 Å². The molecular weight excluding hydrogens is 374 g/mol. The van der Waals surface area contributed by atoms with E-state index in [-0.39, 0.29) is 16.9 Å². The van der Waals surface area contributed by atoms with Crippen LogP contribution in [0.3, 0.4) is 0 Å². The second-order valence-corrected chi connectivity index (χ2v) is 6.97. The maximum atomic E-state index is 12.8. The average Bonchev–Trinajstić information content (AvgIpc) is 2.97. The van der Waals surface area contributed by atoms with E-state index in [0.29, 0.717) is 24.4 Å². The van der Waals surface area contributed by atoms with Gasteiger partial charge in [0.2, 0.25) is 0 Å². The number of aromatic hydroxyl groups is 1. The monoisotopic (exact) mass is 397 g/mol. The largest absolute Gasteiger partial charge is 0.507 e. The van der Waals surface area contributed by atoms with Gasteiger partial charge in [-0.05, 0) is 37.9 Å². The van der Waals surface area contributed by atoms with Gasteiger partial charge in [0.15, 0.2) is 0 Å². The van der Waals surface area contributed by atoms with Crippen molar-refractivity contribution in [3.05, 3.63) is 59.4 Å². The minimum absolute atomic E-state index is 0.0466. The zero-order valence-corrected chi connectivity index (χ0v) is 16.5. The van der Waals surface area contributed by atoms with E-state index >= 15 is 0 Å². The summed E-state index contributed by atoms with van der Waals surface area (Å²) in [7, 11) is 5.18. The van der Waals surface area contributed by atoms with Crippen LogP contribution in [0.1, 0.15) is 17.2 Å². The van der Waals surface area contributed by atoms with Crippen molar-refractivity contribution in [3.63, 3.8) is 0 Å². The molecule has 29 heavy (non-hydrogen) atoms. The fourth-order valence-electron chi connectivity index (χ4n) is 3.29. The molecule has 1 aromatic heterocycles. The van der Waals surface area contributed by atoms with Crippen LogP contribution in [0, 0.1) is 0 Å². The first-order valence-corrected chi connectivity index (χ1v) is 9.05. The molecule has 1 aliphatic rings. The van der Waals surface area contributed by atoms with Gasteiger partial charge in [0.25, 0.3) is 11.7 Å². The van der Waals surface area contributed by atoms with Gasteiger partial charge in [-0.2, -0.15) is 0 Å². The van der Waals surface area contributed by atoms with Gasteiger partial charge in [0.1, 0.15) is 17.3 Å². The maximum Gasteiger partial charge on any atom is 0.295 e. The Bertz CT molecular complexity index is 956. The van der Waals surface area contributed by atoms with E-state index in [1.54, 1.807) is 30.6 Å². The number of aromatic nitrogens is 1. The van der Waals surface area contributed by atoms with E-state index in [2.05, 4.69) is 4.98 Å². The summed E-state index contributed by atoms with van der Waals surface area (Å²) in [6.45, 7) is 0.833. The van der Waals surface area contributed by atoms with E-state index in [9.17, 15) is 19.8 Å². The van der Waals surface area contributed by atoms with Crippen molar-refractivity contribution in [2.45, 2.75) is 6.04 Å². The molecule has 1 saturated heterocycles. The van der Waals surface area contributed by atoms with Crippen LogP contribution in [0.2, 0.25) is 0 Å². The lowest BCUT2D eigenvalue weighted by Crippen LogP contribution is -2.35. The Morgan fingerprint density at radius 1 is 1.28 bits per heavy atom. The van der Waals surface area contributed by atoms with Gasteiger partial charge >= 0.3 is 0 Å². The molecule has 0 spiro atoms. The Kier molecular flexibility index (Phi) is 5.84. The van der Waals surface area contributed by atoms with Crippen LogP contribution >= 0.6 is 0 Å². The number of phenols is 1. The topological polar surface area (TPSA) is 103 Å². The highest BCUT2D eigenvalue weighted by molar-refractivity contribution is 6.46. The third kappa shape index (κ3) is 3.93. The first-order valence-electron chi connectivity index (χ1n) is 9.05. The quantitative estimate of drug-likeness (QED) is 0.435. The molecule has 152 valence electrons. The van der Waals surface area contributed by atoms with Crippen molar-refractivity contribution in [2.75, 3.05) is 34.3 Å². The molecule has 0 saturated carbocycles. The zero-order valence-electron chi connectivity index (χ0n) is 16.5. The lowest BCUT2D eigenvalue weighted by Gasteiger charge is -2.26. The second-order valence-electron chi connectivity index (χ2n) is 6.97. The summed E-state index contributed by atoms with van der Waals surface area (Å²) >= 11 is 0. The number of aliphatic hydroxyl groups excluding tert-OH is 1. The number of ketones is 1. The van der Waals surface area contributed by atoms with Crippen molar-refractivity contribution in [2.24, 2.45) is 0 Å². The summed E-state index contributed by atoms with van der Waals surface area (Å²) in [5.74, 6) is -1.80. The summed E-state index contributed by atoms with van der Waals surface area (Å²) < 4.78 is 5.06. The smallest absolute Gasteiger partial charge is 0.295 e. The van der Waals surface area contributed by atoms with Crippen LogP contribution in [0.4, 0.5) is 0 Å². The number of hydrogen-bond acceptors (Lipinski definition) is 7. The number of carbonyl (C=O) groups is 2. The number of likely N-dealkylation sites (N-methyl/N-ethyl adjacent to an activating group) is 1. The van der Waals surface area contributed by atoms with Crippen LogP contribution in [-0.4, -0.2) is 71.0 Å². The average molecular weight is 397 g/mol. The molecule has 1 fully saturated rings. The van der Waals surface area contributed by atoms with E-state index in [4.69, 9.17) is 4.74 Å². The summed E-state index contributed by atoms with van der Waals surface area (Å²) in [5.41, 5.74) is 0.563. The summed E-state index contributed by atoms with van der Waals surface area (Å²) in [6.07, 6.45) is 3.14. The van der Waals surface area contributed by atoms with Gasteiger partial charge in [-0.25, -0.2) is 0 Å². The predicted octanol–water partition coefficient (Wildman–Crippen LogP) is 1.78. The molecule has 0 aliphatic carbocycles. The standard InChI is InChI=1S/C21H23N3O5/c1-23(2)9-10-24-18(13-5-4-8-22-12-13)17(20(27)21(24)28)19(26)15-7-6-14(29-3)11-16(15)25/h4-8,11-12,18,25-26H,9-10H2,1-3H3/b19-17-. The number of likely N-dealkylation sites (tertiary alicyclic amines) is 1. The van der Waals surface area contributed by atoms with Gasteiger partial charge in [0.05, 0.1) is 24.3 Å². The van der Waals surface area contributed by atoms with Gasteiger partial charge in [-0.3, -0.25) is 14.6 Å². The van der Waals surface area contributed by atoms with Crippen molar-refractivity contribution < 1.29 is 24.5 Å². The van der Waals surface area contributed by atoms with Crippen LogP contribution in [0.25, 0.3) is 5.76 Å². The summed E-state index contributed by atoms with van der Waals surface area (Å²) in [5, 5.41) is 21.2. The molecule has 1 atom stereocenters. The number of amides is 1. The SMILES string of the molecule is COc1ccc(/C(O)=C2/C(=O)C(=O)N(CCN(C)C)C2c2cccnc2)c(O)c1. The lowest BCUT2D eigenvalue weighted by atomic mass is 9.96. The molecule has 1 aliphatic heterocycles. The number of phenolic OH excluding ortho intramolecular Hbond substituents is 1. The molecule has 0 radical (unpaired) electrons. The predicted molar refractivity (Wildman–Crippen MR) is 106 cm³/mol. The molecule has 1 unspecified atom stereocenters. The fraction of sp³-hybridized carbons (Fsp3) is 0.286. The fourth-order valence-corrected chi connectivity index (χ4v) is 3.29. The summed E-state index contributed by atoms with van der Waals surface area (Å²) in [6, 6.07) is 6.97.